The summed E-state index contributed by atoms with van der Waals surface area (Å²) in [4.78, 5) is 25.9. The number of hydrogen-bond donors (Lipinski definition) is 1. The van der Waals surface area contributed by atoms with Crippen molar-refractivity contribution in [3.05, 3.63) is 54.4 Å². The molecule has 1 N–H and O–H groups in total. The number of likely N-dealkylation sites (N-methyl/N-ethyl adjacent to an activating group) is 1. The number of aldehydes is 1. The molecule has 2 heterocycles. The van der Waals surface area contributed by atoms with E-state index < -0.39 is 11.7 Å². The van der Waals surface area contributed by atoms with Crippen LogP contribution in [0.2, 0.25) is 0 Å². The number of carbonyl (C=O) groups excluding carboxylic acids is 1. The summed E-state index contributed by atoms with van der Waals surface area (Å²) in [7, 11) is 3.92. The Morgan fingerprint density at radius 3 is 2.29 bits per heavy atom. The molecule has 7 nitrogen and oxygen atoms in total. The first-order chi connectivity index (χ1) is 14.8. The molecule has 31 heavy (non-hydrogen) atoms. The minimum Gasteiger partial charge on any atom is -0.351 e. The van der Waals surface area contributed by atoms with Gasteiger partial charge in [-0.25, -0.2) is 9.97 Å². The maximum atomic E-state index is 12.8. The zero-order chi connectivity index (χ0) is 22.4. The quantitative estimate of drug-likeness (QED) is 0.531. The lowest BCUT2D eigenvalue weighted by Gasteiger charge is -2.41. The van der Waals surface area contributed by atoms with E-state index in [4.69, 9.17) is 0 Å². The van der Waals surface area contributed by atoms with Gasteiger partial charge in [-0.2, -0.15) is 13.2 Å². The molecule has 0 bridgehead atoms. The highest BCUT2D eigenvalue weighted by Gasteiger charge is 2.30. The van der Waals surface area contributed by atoms with E-state index in [-0.39, 0.29) is 6.17 Å². The molecule has 1 aromatic heterocycles. The van der Waals surface area contributed by atoms with E-state index in [0.717, 1.165) is 31.5 Å². The molecule has 1 aliphatic heterocycles. The van der Waals surface area contributed by atoms with E-state index in [1.807, 2.05) is 25.1 Å². The first-order valence-electron chi connectivity index (χ1n) is 9.82. The van der Waals surface area contributed by atoms with Crippen LogP contribution < -0.4 is 10.2 Å². The summed E-state index contributed by atoms with van der Waals surface area (Å²) in [5, 5.41) is 3.07. The third kappa shape index (κ3) is 5.80. The molecular formula is C21H25F3N6O. The fraction of sp³-hybridized carbons (Fsp3) is 0.381. The summed E-state index contributed by atoms with van der Waals surface area (Å²) in [6.45, 7) is 2.89. The summed E-state index contributed by atoms with van der Waals surface area (Å²) in [6.07, 6.45) is 2.91. The van der Waals surface area contributed by atoms with Crippen LogP contribution >= 0.6 is 0 Å². The maximum Gasteiger partial charge on any atom is 0.416 e. The fourth-order valence-corrected chi connectivity index (χ4v) is 3.49. The lowest BCUT2D eigenvalue weighted by atomic mass is 10.2. The standard InChI is InChI=1S/C21H25F3N6O/c1-28(2)18(4-3-15-31)29-11-13-30(14-12-29)20-19(25-9-10-26-20)27-17-7-5-16(6-8-17)21(22,23)24/h3-10,15,18H,11-14H2,1-2H3,(H,25,27)/t18-/m0/s1. The van der Waals surface area contributed by atoms with Gasteiger partial charge in [0, 0.05) is 44.3 Å². The van der Waals surface area contributed by atoms with Crippen molar-refractivity contribution in [1.82, 2.24) is 19.8 Å². The second-order valence-electron chi connectivity index (χ2n) is 7.35. The summed E-state index contributed by atoms with van der Waals surface area (Å²) in [5.41, 5.74) is -0.201. The molecule has 0 unspecified atom stereocenters. The lowest BCUT2D eigenvalue weighted by Crippen LogP contribution is -2.54. The van der Waals surface area contributed by atoms with Crippen molar-refractivity contribution in [2.45, 2.75) is 12.3 Å². The molecule has 1 aromatic carbocycles. The second-order valence-corrected chi connectivity index (χ2v) is 7.35. The summed E-state index contributed by atoms with van der Waals surface area (Å²) in [5.74, 6) is 1.13. The Kier molecular flexibility index (Phi) is 7.24. The minimum absolute atomic E-state index is 0.0129. The smallest absolute Gasteiger partial charge is 0.351 e. The SMILES string of the molecule is CN(C)[C@H](C=CC=O)N1CCN(c2nccnc2Nc2ccc(C(F)(F)F)cc2)CC1. The van der Waals surface area contributed by atoms with E-state index in [0.29, 0.717) is 30.4 Å². The van der Waals surface area contributed by atoms with Crippen molar-refractivity contribution in [3.8, 4) is 0 Å². The molecule has 0 aliphatic carbocycles. The fourth-order valence-electron chi connectivity index (χ4n) is 3.49. The van der Waals surface area contributed by atoms with Gasteiger partial charge < -0.3 is 10.2 Å². The van der Waals surface area contributed by atoms with E-state index >= 15 is 0 Å². The maximum absolute atomic E-state index is 12.8. The molecule has 166 valence electrons. The molecule has 3 rings (SSSR count). The predicted molar refractivity (Wildman–Crippen MR) is 113 cm³/mol. The third-order valence-electron chi connectivity index (χ3n) is 5.03. The number of rotatable bonds is 7. The van der Waals surface area contributed by atoms with Crippen molar-refractivity contribution in [2.75, 3.05) is 50.5 Å². The van der Waals surface area contributed by atoms with Crippen LogP contribution in [0.3, 0.4) is 0 Å². The Morgan fingerprint density at radius 1 is 1.06 bits per heavy atom. The number of nitrogens with zero attached hydrogens (tertiary/aromatic N) is 5. The van der Waals surface area contributed by atoms with Gasteiger partial charge in [-0.3, -0.25) is 14.6 Å². The van der Waals surface area contributed by atoms with Crippen LogP contribution in [0.4, 0.5) is 30.5 Å². The highest BCUT2D eigenvalue weighted by molar-refractivity contribution is 5.68. The molecule has 0 spiro atoms. The lowest BCUT2D eigenvalue weighted by molar-refractivity contribution is -0.137. The molecule has 0 saturated carbocycles. The topological polar surface area (TPSA) is 64.6 Å². The van der Waals surface area contributed by atoms with Crippen LogP contribution in [0.1, 0.15) is 5.56 Å². The number of halogens is 3. The summed E-state index contributed by atoms with van der Waals surface area (Å²) in [6, 6.07) is 4.82. The van der Waals surface area contributed by atoms with Crippen molar-refractivity contribution in [1.29, 1.82) is 0 Å². The summed E-state index contributed by atoms with van der Waals surface area (Å²) < 4.78 is 38.3. The Balaban J connectivity index is 1.70. The monoisotopic (exact) mass is 434 g/mol. The first kappa shape index (κ1) is 22.7. The van der Waals surface area contributed by atoms with E-state index in [1.165, 1.54) is 18.2 Å². The molecule has 1 atom stereocenters. The molecule has 1 aliphatic rings. The zero-order valence-corrected chi connectivity index (χ0v) is 17.4. The van der Waals surface area contributed by atoms with E-state index in [2.05, 4.69) is 25.1 Å². The van der Waals surface area contributed by atoms with Gasteiger partial charge in [-0.15, -0.1) is 0 Å². The van der Waals surface area contributed by atoms with Crippen LogP contribution in [0.15, 0.2) is 48.8 Å². The first-order valence-corrected chi connectivity index (χ1v) is 9.82. The number of benzene rings is 1. The van der Waals surface area contributed by atoms with E-state index in [1.54, 1.807) is 12.4 Å². The van der Waals surface area contributed by atoms with Crippen molar-refractivity contribution in [3.63, 3.8) is 0 Å². The van der Waals surface area contributed by atoms with Gasteiger partial charge >= 0.3 is 6.18 Å². The largest absolute Gasteiger partial charge is 0.416 e. The van der Waals surface area contributed by atoms with Gasteiger partial charge in [0.15, 0.2) is 11.6 Å². The Morgan fingerprint density at radius 2 is 1.71 bits per heavy atom. The van der Waals surface area contributed by atoms with Gasteiger partial charge in [0.25, 0.3) is 0 Å². The number of piperazine rings is 1. The molecule has 2 aromatic rings. The van der Waals surface area contributed by atoms with Crippen LogP contribution in [-0.4, -0.2) is 72.5 Å². The van der Waals surface area contributed by atoms with Gasteiger partial charge in [-0.1, -0.05) is 0 Å². The number of alkyl halides is 3. The third-order valence-corrected chi connectivity index (χ3v) is 5.03. The molecular weight excluding hydrogens is 409 g/mol. The number of aromatic nitrogens is 2. The number of hydrogen-bond acceptors (Lipinski definition) is 7. The van der Waals surface area contributed by atoms with Crippen LogP contribution in [0.5, 0.6) is 0 Å². The Labute approximate surface area is 179 Å². The average Bonchev–Trinajstić information content (AvgIpc) is 2.74. The number of nitrogens with one attached hydrogen (secondary N) is 1. The molecule has 10 heteroatoms. The zero-order valence-electron chi connectivity index (χ0n) is 17.4. The number of carbonyl (C=O) groups is 1. The van der Waals surface area contributed by atoms with Crippen molar-refractivity contribution in [2.24, 2.45) is 0 Å². The van der Waals surface area contributed by atoms with Crippen LogP contribution in [-0.2, 0) is 11.0 Å². The van der Waals surface area contributed by atoms with Gasteiger partial charge in [0.1, 0.15) is 6.29 Å². The minimum atomic E-state index is -4.37. The van der Waals surface area contributed by atoms with Crippen molar-refractivity contribution >= 4 is 23.6 Å². The van der Waals surface area contributed by atoms with E-state index in [9.17, 15) is 18.0 Å². The van der Waals surface area contributed by atoms with Crippen molar-refractivity contribution < 1.29 is 18.0 Å². The van der Waals surface area contributed by atoms with Gasteiger partial charge in [0.2, 0.25) is 0 Å². The molecule has 0 radical (unpaired) electrons. The number of allylic oxidation sites excluding steroid dienone is 1. The Hall–Kier alpha value is -2.98. The van der Waals surface area contributed by atoms with Crippen LogP contribution in [0.25, 0.3) is 0 Å². The summed E-state index contributed by atoms with van der Waals surface area (Å²) >= 11 is 0. The predicted octanol–water partition coefficient (Wildman–Crippen LogP) is 3.00. The number of anilines is 3. The molecule has 0 amide bonds. The normalized spacial score (nSPS) is 16.6. The highest BCUT2D eigenvalue weighted by Crippen LogP contribution is 2.31. The van der Waals surface area contributed by atoms with Gasteiger partial charge in [-0.05, 0) is 50.5 Å². The average molecular weight is 434 g/mol. The molecule has 1 saturated heterocycles. The van der Waals surface area contributed by atoms with Crippen LogP contribution in [0, 0.1) is 0 Å². The second kappa shape index (κ2) is 9.88. The Bertz CT molecular complexity index is 893. The van der Waals surface area contributed by atoms with Gasteiger partial charge in [0.05, 0.1) is 11.7 Å². The molecule has 1 fully saturated rings. The highest BCUT2D eigenvalue weighted by atomic mass is 19.4.